The number of rotatable bonds is 7. The highest BCUT2D eigenvalue weighted by Crippen LogP contribution is 2.33. The lowest BCUT2D eigenvalue weighted by atomic mass is 9.99. The second-order valence-electron chi connectivity index (χ2n) is 8.42. The lowest BCUT2D eigenvalue weighted by Crippen LogP contribution is -2.49. The first kappa shape index (κ1) is 22.7. The molecule has 1 fully saturated rings. The Morgan fingerprint density at radius 1 is 1.03 bits per heavy atom. The maximum Gasteiger partial charge on any atom is 0.193 e. The number of nitrogens with zero attached hydrogens (tertiary/aromatic N) is 4. The van der Waals surface area contributed by atoms with E-state index in [2.05, 4.69) is 51.0 Å². The van der Waals surface area contributed by atoms with Crippen molar-refractivity contribution >= 4 is 5.96 Å². The van der Waals surface area contributed by atoms with Gasteiger partial charge in [0.05, 0.1) is 14.2 Å². The average Bonchev–Trinajstić information content (AvgIpc) is 2.78. The number of benzene rings is 1. The summed E-state index contributed by atoms with van der Waals surface area (Å²) in [5.41, 5.74) is 2.61. The molecule has 168 valence electrons. The third-order valence-corrected chi connectivity index (χ3v) is 6.32. The first-order valence-electron chi connectivity index (χ1n) is 11.2. The number of piperazine rings is 1. The number of methoxy groups -OCH3 is 2. The van der Waals surface area contributed by atoms with Crippen LogP contribution in [-0.2, 0) is 13.0 Å². The molecule has 1 saturated heterocycles. The van der Waals surface area contributed by atoms with Gasteiger partial charge < -0.3 is 29.5 Å². The molecule has 0 bridgehead atoms. The third kappa shape index (κ3) is 5.58. The number of nitrogens with one attached hydrogen (secondary N) is 1. The van der Waals surface area contributed by atoms with E-state index in [1.807, 2.05) is 7.05 Å². The van der Waals surface area contributed by atoms with Crippen LogP contribution in [0.25, 0.3) is 0 Å². The number of ether oxygens (including phenoxy) is 2. The molecular formula is C23H39N5O2. The zero-order chi connectivity index (χ0) is 21.5. The van der Waals surface area contributed by atoms with Crippen LogP contribution in [0.4, 0.5) is 0 Å². The average molecular weight is 418 g/mol. The molecule has 2 aliphatic rings. The largest absolute Gasteiger partial charge is 0.493 e. The lowest BCUT2D eigenvalue weighted by Gasteiger charge is -2.36. The van der Waals surface area contributed by atoms with Gasteiger partial charge in [-0.05, 0) is 42.1 Å². The van der Waals surface area contributed by atoms with Gasteiger partial charge >= 0.3 is 0 Å². The molecule has 0 aliphatic carbocycles. The minimum absolute atomic E-state index is 0.580. The minimum atomic E-state index is 0.580. The third-order valence-electron chi connectivity index (χ3n) is 6.32. The molecule has 2 aliphatic heterocycles. The summed E-state index contributed by atoms with van der Waals surface area (Å²) < 4.78 is 10.9. The number of fused-ring (bicyclic) bond motifs is 1. The molecule has 1 unspecified atom stereocenters. The van der Waals surface area contributed by atoms with Gasteiger partial charge in [0.2, 0.25) is 0 Å². The Bertz CT molecular complexity index is 716. The maximum atomic E-state index is 5.49. The van der Waals surface area contributed by atoms with Crippen molar-refractivity contribution < 1.29 is 9.47 Å². The molecule has 3 rings (SSSR count). The lowest BCUT2D eigenvalue weighted by molar-refractivity contribution is 0.124. The molecule has 1 aromatic rings. The van der Waals surface area contributed by atoms with Crippen molar-refractivity contribution in [1.82, 2.24) is 20.0 Å². The fourth-order valence-corrected chi connectivity index (χ4v) is 4.46. The van der Waals surface area contributed by atoms with Gasteiger partial charge in [-0.2, -0.15) is 0 Å². The van der Waals surface area contributed by atoms with E-state index in [0.29, 0.717) is 5.92 Å². The van der Waals surface area contributed by atoms with Crippen LogP contribution in [0.1, 0.15) is 25.0 Å². The highest BCUT2D eigenvalue weighted by atomic mass is 16.5. The van der Waals surface area contributed by atoms with Gasteiger partial charge in [0.1, 0.15) is 0 Å². The van der Waals surface area contributed by atoms with Crippen molar-refractivity contribution in [1.29, 1.82) is 0 Å². The zero-order valence-corrected chi connectivity index (χ0v) is 19.4. The molecule has 0 aromatic heterocycles. The monoisotopic (exact) mass is 417 g/mol. The molecule has 1 atom stereocenters. The molecule has 0 radical (unpaired) electrons. The predicted octanol–water partition coefficient (Wildman–Crippen LogP) is 1.91. The van der Waals surface area contributed by atoms with Crippen LogP contribution in [0, 0.1) is 5.92 Å². The standard InChI is InChI=1S/C23H39N5O2/c1-6-26-9-11-27(12-10-26)16-18(2)15-25-23(24-3)28-8-7-19-13-21(29-4)22(30-5)14-20(19)17-28/h13-14,18H,6-12,15-17H2,1-5H3,(H,24,25). The van der Waals surface area contributed by atoms with Crippen LogP contribution in [-0.4, -0.2) is 94.3 Å². The van der Waals surface area contributed by atoms with Crippen molar-refractivity contribution in [2.24, 2.45) is 10.9 Å². The second-order valence-corrected chi connectivity index (χ2v) is 8.42. The Morgan fingerprint density at radius 2 is 1.67 bits per heavy atom. The summed E-state index contributed by atoms with van der Waals surface area (Å²) in [5, 5.41) is 3.61. The van der Waals surface area contributed by atoms with Crippen LogP contribution in [0.2, 0.25) is 0 Å². The summed E-state index contributed by atoms with van der Waals surface area (Å²) in [6.07, 6.45) is 0.980. The van der Waals surface area contributed by atoms with Crippen molar-refractivity contribution in [2.75, 3.05) is 73.6 Å². The Morgan fingerprint density at radius 3 is 2.27 bits per heavy atom. The van der Waals surface area contributed by atoms with Crippen LogP contribution >= 0.6 is 0 Å². The summed E-state index contributed by atoms with van der Waals surface area (Å²) in [5.74, 6) is 3.16. The molecule has 0 saturated carbocycles. The Kier molecular flexibility index (Phi) is 8.22. The Balaban J connectivity index is 1.52. The molecule has 0 spiro atoms. The fraction of sp³-hybridized carbons (Fsp3) is 0.696. The van der Waals surface area contributed by atoms with Gasteiger partial charge in [-0.25, -0.2) is 0 Å². The molecule has 1 N–H and O–H groups in total. The summed E-state index contributed by atoms with van der Waals surface area (Å²) >= 11 is 0. The number of guanidine groups is 1. The van der Waals surface area contributed by atoms with Crippen LogP contribution in [0.15, 0.2) is 17.1 Å². The smallest absolute Gasteiger partial charge is 0.193 e. The summed E-state index contributed by atoms with van der Waals surface area (Å²) in [4.78, 5) is 12.0. The summed E-state index contributed by atoms with van der Waals surface area (Å²) in [7, 11) is 5.26. The molecular weight excluding hydrogens is 378 g/mol. The molecule has 1 aromatic carbocycles. The van der Waals surface area contributed by atoms with E-state index in [4.69, 9.17) is 9.47 Å². The van der Waals surface area contributed by atoms with E-state index in [1.54, 1.807) is 14.2 Å². The van der Waals surface area contributed by atoms with E-state index in [-0.39, 0.29) is 0 Å². The van der Waals surface area contributed by atoms with Gasteiger partial charge in [-0.15, -0.1) is 0 Å². The van der Waals surface area contributed by atoms with Crippen molar-refractivity contribution in [2.45, 2.75) is 26.8 Å². The first-order chi connectivity index (χ1) is 14.6. The van der Waals surface area contributed by atoms with E-state index in [9.17, 15) is 0 Å². The highest BCUT2D eigenvalue weighted by Gasteiger charge is 2.22. The zero-order valence-electron chi connectivity index (χ0n) is 19.4. The number of hydrogen-bond acceptors (Lipinski definition) is 5. The summed E-state index contributed by atoms with van der Waals surface area (Å²) in [6, 6.07) is 4.22. The van der Waals surface area contributed by atoms with Gasteiger partial charge in [0, 0.05) is 59.4 Å². The van der Waals surface area contributed by atoms with Gasteiger partial charge in [0.25, 0.3) is 0 Å². The Labute approximate surface area is 182 Å². The van der Waals surface area contributed by atoms with Crippen LogP contribution in [0.3, 0.4) is 0 Å². The van der Waals surface area contributed by atoms with Crippen molar-refractivity contribution in [3.8, 4) is 11.5 Å². The molecule has 2 heterocycles. The number of aliphatic imine (C=N–C) groups is 1. The first-order valence-corrected chi connectivity index (χ1v) is 11.2. The normalized spacial score (nSPS) is 19.4. The van der Waals surface area contributed by atoms with Crippen molar-refractivity contribution in [3.63, 3.8) is 0 Å². The van der Waals surface area contributed by atoms with E-state index in [1.165, 1.54) is 43.9 Å². The molecule has 7 nitrogen and oxygen atoms in total. The van der Waals surface area contributed by atoms with E-state index < -0.39 is 0 Å². The predicted molar refractivity (Wildman–Crippen MR) is 123 cm³/mol. The molecule has 30 heavy (non-hydrogen) atoms. The van der Waals surface area contributed by atoms with E-state index in [0.717, 1.165) is 50.1 Å². The maximum absolute atomic E-state index is 5.49. The SMILES string of the molecule is CCN1CCN(CC(C)CNC(=NC)N2CCc3cc(OC)c(OC)cc3C2)CC1. The van der Waals surface area contributed by atoms with Crippen molar-refractivity contribution in [3.05, 3.63) is 23.3 Å². The fourth-order valence-electron chi connectivity index (χ4n) is 4.46. The van der Waals surface area contributed by atoms with E-state index >= 15 is 0 Å². The second kappa shape index (κ2) is 10.9. The van der Waals surface area contributed by atoms with Gasteiger partial charge in [-0.1, -0.05) is 13.8 Å². The molecule has 7 heteroatoms. The number of hydrogen-bond donors (Lipinski definition) is 1. The highest BCUT2D eigenvalue weighted by molar-refractivity contribution is 5.80. The summed E-state index contributed by atoms with van der Waals surface area (Å²) in [6.45, 7) is 14.4. The van der Waals surface area contributed by atoms with Gasteiger partial charge in [-0.3, -0.25) is 4.99 Å². The molecule has 0 amide bonds. The topological polar surface area (TPSA) is 52.6 Å². The quantitative estimate of drug-likeness (QED) is 0.540. The van der Waals surface area contributed by atoms with Crippen LogP contribution in [0.5, 0.6) is 11.5 Å². The van der Waals surface area contributed by atoms with Crippen LogP contribution < -0.4 is 14.8 Å². The number of likely N-dealkylation sites (N-methyl/N-ethyl adjacent to an activating group) is 1. The Hall–Kier alpha value is -1.99. The van der Waals surface area contributed by atoms with Gasteiger partial charge in [0.15, 0.2) is 17.5 Å². The minimum Gasteiger partial charge on any atom is -0.493 e.